The quantitative estimate of drug-likeness (QED) is 0.910. The Morgan fingerprint density at radius 3 is 2.94 bits per heavy atom. The predicted octanol–water partition coefficient (Wildman–Crippen LogP) is 2.13. The largest absolute Gasteiger partial charge is 0.444 e. The number of nitrogens with zero attached hydrogens (tertiary/aromatic N) is 1. The Morgan fingerprint density at radius 1 is 1.39 bits per heavy atom. The number of piperidine rings is 1. The fourth-order valence-corrected chi connectivity index (χ4v) is 2.83. The van der Waals surface area contributed by atoms with Gasteiger partial charge in [0, 0.05) is 17.6 Å². The van der Waals surface area contributed by atoms with Crippen LogP contribution < -0.4 is 5.32 Å². The smallest absolute Gasteiger partial charge is 0.410 e. The molecule has 2 unspecified atom stereocenters. The second kappa shape index (κ2) is 4.90. The number of hydrogen-bond acceptors (Lipinski definition) is 3. The summed E-state index contributed by atoms with van der Waals surface area (Å²) in [6, 6.07) is 8.22. The molecule has 2 heterocycles. The number of carbonyl (C=O) groups is 1. The maximum Gasteiger partial charge on any atom is 0.410 e. The number of hydrogen-bond donors (Lipinski definition) is 1. The highest BCUT2D eigenvalue weighted by atomic mass is 79.9. The summed E-state index contributed by atoms with van der Waals surface area (Å²) in [5.41, 5.74) is 1.13. The van der Waals surface area contributed by atoms with Crippen LogP contribution in [0.3, 0.4) is 0 Å². The molecule has 2 saturated heterocycles. The van der Waals surface area contributed by atoms with Crippen LogP contribution in [0.1, 0.15) is 12.0 Å². The van der Waals surface area contributed by atoms with Gasteiger partial charge in [-0.15, -0.1) is 0 Å². The molecule has 2 aliphatic heterocycles. The van der Waals surface area contributed by atoms with E-state index in [0.29, 0.717) is 6.54 Å². The molecule has 0 aliphatic carbocycles. The lowest BCUT2D eigenvalue weighted by Crippen LogP contribution is -2.48. The van der Waals surface area contributed by atoms with E-state index in [4.69, 9.17) is 4.74 Å². The Morgan fingerprint density at radius 2 is 2.17 bits per heavy atom. The van der Waals surface area contributed by atoms with Crippen LogP contribution in [0.2, 0.25) is 0 Å². The fraction of sp³-hybridized carbons (Fsp3) is 0.462. The first-order valence-corrected chi connectivity index (χ1v) is 6.96. The summed E-state index contributed by atoms with van der Waals surface area (Å²) in [5.74, 6) is 0. The van der Waals surface area contributed by atoms with Crippen LogP contribution >= 0.6 is 15.9 Å². The zero-order chi connectivity index (χ0) is 12.5. The van der Waals surface area contributed by atoms with Gasteiger partial charge in [-0.05, 0) is 30.7 Å². The number of nitrogens with one attached hydrogen (secondary N) is 1. The lowest BCUT2D eigenvalue weighted by Gasteiger charge is -2.28. The van der Waals surface area contributed by atoms with Crippen LogP contribution in [0.4, 0.5) is 4.79 Å². The number of halogens is 1. The summed E-state index contributed by atoms with van der Waals surface area (Å²) in [4.78, 5) is 13.7. The van der Waals surface area contributed by atoms with Gasteiger partial charge in [0.15, 0.2) is 0 Å². The van der Waals surface area contributed by atoms with Crippen molar-refractivity contribution in [1.29, 1.82) is 0 Å². The van der Waals surface area contributed by atoms with Crippen molar-refractivity contribution in [3.05, 3.63) is 34.3 Å². The molecule has 1 amide bonds. The van der Waals surface area contributed by atoms with Crippen molar-refractivity contribution < 1.29 is 9.53 Å². The molecule has 3 rings (SSSR count). The molecule has 1 aromatic carbocycles. The van der Waals surface area contributed by atoms with E-state index in [1.54, 1.807) is 0 Å². The van der Waals surface area contributed by atoms with Gasteiger partial charge in [0.05, 0.1) is 6.04 Å². The van der Waals surface area contributed by atoms with Gasteiger partial charge in [-0.25, -0.2) is 4.79 Å². The molecular weight excluding hydrogens is 296 g/mol. The molecule has 0 bridgehead atoms. The molecule has 2 atom stereocenters. The highest BCUT2D eigenvalue weighted by Gasteiger charge is 2.42. The van der Waals surface area contributed by atoms with E-state index in [1.807, 2.05) is 29.2 Å². The third-order valence-corrected chi connectivity index (χ3v) is 4.07. The van der Waals surface area contributed by atoms with Crippen LogP contribution in [-0.4, -0.2) is 36.2 Å². The first kappa shape index (κ1) is 12.0. The zero-order valence-electron chi connectivity index (χ0n) is 9.93. The molecule has 0 spiro atoms. The van der Waals surface area contributed by atoms with Crippen LogP contribution in [-0.2, 0) is 11.3 Å². The molecule has 0 saturated carbocycles. The fourth-order valence-electron chi connectivity index (χ4n) is 2.57. The maximum atomic E-state index is 11.9. The van der Waals surface area contributed by atoms with Crippen LogP contribution in [0.5, 0.6) is 0 Å². The molecule has 18 heavy (non-hydrogen) atoms. The summed E-state index contributed by atoms with van der Waals surface area (Å²) in [6.07, 6.45) is 0.790. The highest BCUT2D eigenvalue weighted by molar-refractivity contribution is 9.10. The maximum absolute atomic E-state index is 11.9. The van der Waals surface area contributed by atoms with E-state index in [9.17, 15) is 4.79 Å². The average molecular weight is 311 g/mol. The van der Waals surface area contributed by atoms with Gasteiger partial charge in [0.2, 0.25) is 0 Å². The van der Waals surface area contributed by atoms with Crippen LogP contribution in [0.15, 0.2) is 28.7 Å². The minimum atomic E-state index is -0.184. The Kier molecular flexibility index (Phi) is 3.26. The molecule has 1 aromatic rings. The Bertz CT molecular complexity index is 449. The second-order valence-corrected chi connectivity index (χ2v) is 5.65. The average Bonchev–Trinajstić information content (AvgIpc) is 2.69. The minimum Gasteiger partial charge on any atom is -0.444 e. The van der Waals surface area contributed by atoms with Crippen molar-refractivity contribution >= 4 is 22.0 Å². The Balaban J connectivity index is 1.75. The number of ether oxygens (including phenoxy) is 1. The van der Waals surface area contributed by atoms with Crippen molar-refractivity contribution in [2.75, 3.05) is 13.1 Å². The second-order valence-electron chi connectivity index (χ2n) is 4.74. The van der Waals surface area contributed by atoms with Gasteiger partial charge in [-0.2, -0.15) is 0 Å². The summed E-state index contributed by atoms with van der Waals surface area (Å²) in [7, 11) is 0. The highest BCUT2D eigenvalue weighted by Crippen LogP contribution is 2.26. The number of rotatable bonds is 2. The Labute approximate surface area is 114 Å². The summed E-state index contributed by atoms with van der Waals surface area (Å²) in [5, 5.41) is 3.32. The molecule has 96 valence electrons. The molecule has 0 aromatic heterocycles. The SMILES string of the molecule is O=C1OC2CCNCC2N1Cc1ccc(Br)cc1. The van der Waals surface area contributed by atoms with Gasteiger partial charge in [-0.1, -0.05) is 28.1 Å². The van der Waals surface area contributed by atoms with Gasteiger partial charge in [-0.3, -0.25) is 4.90 Å². The minimum absolute atomic E-state index is 0.0641. The topological polar surface area (TPSA) is 41.6 Å². The van der Waals surface area contributed by atoms with Gasteiger partial charge in [0.25, 0.3) is 0 Å². The van der Waals surface area contributed by atoms with E-state index < -0.39 is 0 Å². The first-order valence-electron chi connectivity index (χ1n) is 6.16. The molecule has 1 N–H and O–H groups in total. The van der Waals surface area contributed by atoms with E-state index >= 15 is 0 Å². The number of benzene rings is 1. The van der Waals surface area contributed by atoms with Gasteiger partial charge >= 0.3 is 6.09 Å². The lowest BCUT2D eigenvalue weighted by atomic mass is 10.0. The normalized spacial score (nSPS) is 26.9. The standard InChI is InChI=1S/C13H15BrN2O2/c14-10-3-1-9(2-4-10)8-16-11-7-15-6-5-12(11)18-13(16)17/h1-4,11-12,15H,5-8H2. The molecule has 2 fully saturated rings. The molecular formula is C13H15BrN2O2. The van der Waals surface area contributed by atoms with Crippen molar-refractivity contribution in [3.8, 4) is 0 Å². The van der Waals surface area contributed by atoms with E-state index in [2.05, 4.69) is 21.2 Å². The van der Waals surface area contributed by atoms with Crippen molar-refractivity contribution in [2.24, 2.45) is 0 Å². The monoisotopic (exact) mass is 310 g/mol. The first-order chi connectivity index (χ1) is 8.74. The third-order valence-electron chi connectivity index (χ3n) is 3.54. The number of fused-ring (bicyclic) bond motifs is 1. The Hall–Kier alpha value is -1.07. The number of carbonyl (C=O) groups excluding carboxylic acids is 1. The van der Waals surface area contributed by atoms with Gasteiger partial charge in [0.1, 0.15) is 6.10 Å². The third kappa shape index (κ3) is 2.24. The lowest BCUT2D eigenvalue weighted by molar-refractivity contribution is 0.117. The zero-order valence-corrected chi connectivity index (χ0v) is 11.5. The van der Waals surface area contributed by atoms with Crippen molar-refractivity contribution in [2.45, 2.75) is 25.1 Å². The van der Waals surface area contributed by atoms with E-state index in [1.165, 1.54) is 0 Å². The van der Waals surface area contributed by atoms with E-state index in [-0.39, 0.29) is 18.2 Å². The van der Waals surface area contributed by atoms with Gasteiger partial charge < -0.3 is 10.1 Å². The summed E-state index contributed by atoms with van der Waals surface area (Å²) < 4.78 is 6.46. The van der Waals surface area contributed by atoms with E-state index in [0.717, 1.165) is 29.5 Å². The van der Waals surface area contributed by atoms with Crippen LogP contribution in [0, 0.1) is 0 Å². The predicted molar refractivity (Wildman–Crippen MR) is 71.2 cm³/mol. The van der Waals surface area contributed by atoms with Crippen molar-refractivity contribution in [3.63, 3.8) is 0 Å². The molecule has 4 nitrogen and oxygen atoms in total. The van der Waals surface area contributed by atoms with Crippen molar-refractivity contribution in [1.82, 2.24) is 10.2 Å². The van der Waals surface area contributed by atoms with Crippen LogP contribution in [0.25, 0.3) is 0 Å². The molecule has 0 radical (unpaired) electrons. The molecule has 5 heteroatoms. The number of amides is 1. The summed E-state index contributed by atoms with van der Waals surface area (Å²) in [6.45, 7) is 2.38. The summed E-state index contributed by atoms with van der Waals surface area (Å²) >= 11 is 3.41. The molecule has 2 aliphatic rings.